The van der Waals surface area contributed by atoms with Crippen molar-refractivity contribution in [2.24, 2.45) is 0 Å². The van der Waals surface area contributed by atoms with Crippen molar-refractivity contribution < 1.29 is 4.42 Å². The molecule has 0 aliphatic carbocycles. The van der Waals surface area contributed by atoms with E-state index < -0.39 is 0 Å². The molecule has 0 unspecified atom stereocenters. The molecule has 1 heterocycles. The standard InChI is InChI=1S/C13H7ClNO/c14-10-6-7-12-11(8-10)15-13(16-12)9-4-2-1-3-5-9/h1-2,4-8H. The van der Waals surface area contributed by atoms with Crippen molar-refractivity contribution in [3.8, 4) is 11.5 Å². The van der Waals surface area contributed by atoms with Gasteiger partial charge in [0.05, 0.1) is 0 Å². The molecule has 0 saturated heterocycles. The minimum Gasteiger partial charge on any atom is -0.436 e. The van der Waals surface area contributed by atoms with Gasteiger partial charge in [0.1, 0.15) is 5.52 Å². The number of hydrogen-bond donors (Lipinski definition) is 0. The molecule has 1 radical (unpaired) electrons. The van der Waals surface area contributed by atoms with E-state index in [4.69, 9.17) is 16.0 Å². The number of nitrogens with zero attached hydrogens (tertiary/aromatic N) is 1. The SMILES string of the molecule is Clc1ccc2oc(-c3c[c]ccc3)nc2c1. The van der Waals surface area contributed by atoms with Gasteiger partial charge in [-0.15, -0.1) is 0 Å². The van der Waals surface area contributed by atoms with Gasteiger partial charge in [0, 0.05) is 10.6 Å². The maximum Gasteiger partial charge on any atom is 0.227 e. The third-order valence-corrected chi connectivity index (χ3v) is 2.54. The zero-order valence-electron chi connectivity index (χ0n) is 8.27. The summed E-state index contributed by atoms with van der Waals surface area (Å²) in [5.41, 5.74) is 2.42. The van der Waals surface area contributed by atoms with Crippen LogP contribution in [0.25, 0.3) is 22.6 Å². The largest absolute Gasteiger partial charge is 0.436 e. The predicted molar refractivity (Wildman–Crippen MR) is 63.3 cm³/mol. The van der Waals surface area contributed by atoms with E-state index in [0.717, 1.165) is 16.7 Å². The molecule has 77 valence electrons. The second-order valence-electron chi connectivity index (χ2n) is 3.42. The van der Waals surface area contributed by atoms with E-state index >= 15 is 0 Å². The minimum absolute atomic E-state index is 0.592. The zero-order chi connectivity index (χ0) is 11.0. The van der Waals surface area contributed by atoms with Crippen LogP contribution in [0.5, 0.6) is 0 Å². The highest BCUT2D eigenvalue weighted by Crippen LogP contribution is 2.25. The molecule has 3 aromatic rings. The Morgan fingerprint density at radius 3 is 3.00 bits per heavy atom. The minimum atomic E-state index is 0.592. The van der Waals surface area contributed by atoms with E-state index in [0.29, 0.717) is 10.9 Å². The molecule has 0 aliphatic rings. The summed E-state index contributed by atoms with van der Waals surface area (Å²) in [6, 6.07) is 15.9. The Balaban J connectivity index is 2.19. The normalized spacial score (nSPS) is 10.8. The lowest BCUT2D eigenvalue weighted by Gasteiger charge is -1.91. The van der Waals surface area contributed by atoms with E-state index in [-0.39, 0.29) is 0 Å². The number of hydrogen-bond acceptors (Lipinski definition) is 2. The topological polar surface area (TPSA) is 26.0 Å². The third kappa shape index (κ3) is 1.57. The van der Waals surface area contributed by atoms with Crippen molar-refractivity contribution in [3.63, 3.8) is 0 Å². The zero-order valence-corrected chi connectivity index (χ0v) is 9.03. The van der Waals surface area contributed by atoms with Crippen LogP contribution in [-0.2, 0) is 0 Å². The van der Waals surface area contributed by atoms with Gasteiger partial charge in [0.25, 0.3) is 0 Å². The number of rotatable bonds is 1. The van der Waals surface area contributed by atoms with Gasteiger partial charge >= 0.3 is 0 Å². The number of aromatic nitrogens is 1. The maximum absolute atomic E-state index is 5.89. The predicted octanol–water partition coefficient (Wildman–Crippen LogP) is 3.95. The van der Waals surface area contributed by atoms with Crippen LogP contribution in [-0.4, -0.2) is 4.98 Å². The molecule has 0 atom stereocenters. The van der Waals surface area contributed by atoms with Crippen LogP contribution in [0.15, 0.2) is 46.9 Å². The van der Waals surface area contributed by atoms with Gasteiger partial charge in [-0.05, 0) is 36.4 Å². The Morgan fingerprint density at radius 2 is 2.19 bits per heavy atom. The first kappa shape index (κ1) is 9.43. The summed E-state index contributed by atoms with van der Waals surface area (Å²) in [4.78, 5) is 4.37. The molecule has 0 spiro atoms. The molecule has 0 saturated carbocycles. The third-order valence-electron chi connectivity index (χ3n) is 2.30. The molecule has 0 N–H and O–H groups in total. The van der Waals surface area contributed by atoms with Crippen LogP contribution in [0.3, 0.4) is 0 Å². The average Bonchev–Trinajstić information content (AvgIpc) is 2.73. The fourth-order valence-electron chi connectivity index (χ4n) is 1.55. The Kier molecular flexibility index (Phi) is 2.15. The van der Waals surface area contributed by atoms with Crippen molar-refractivity contribution in [1.82, 2.24) is 4.98 Å². The monoisotopic (exact) mass is 228 g/mol. The Hall–Kier alpha value is -1.80. The van der Waals surface area contributed by atoms with Crippen LogP contribution in [0.2, 0.25) is 5.02 Å². The fourth-order valence-corrected chi connectivity index (χ4v) is 1.72. The fraction of sp³-hybridized carbons (Fsp3) is 0. The van der Waals surface area contributed by atoms with Crippen LogP contribution in [0, 0.1) is 6.07 Å². The first-order chi connectivity index (χ1) is 7.83. The first-order valence-corrected chi connectivity index (χ1v) is 5.23. The van der Waals surface area contributed by atoms with Gasteiger partial charge < -0.3 is 4.42 Å². The maximum atomic E-state index is 5.89. The molecule has 2 nitrogen and oxygen atoms in total. The van der Waals surface area contributed by atoms with Gasteiger partial charge in [-0.3, -0.25) is 0 Å². The summed E-state index contributed by atoms with van der Waals surface area (Å²) in [5.74, 6) is 0.592. The van der Waals surface area contributed by atoms with Crippen molar-refractivity contribution in [2.45, 2.75) is 0 Å². The van der Waals surface area contributed by atoms with Crippen LogP contribution in [0.4, 0.5) is 0 Å². The van der Waals surface area contributed by atoms with Crippen molar-refractivity contribution in [2.75, 3.05) is 0 Å². The molecule has 2 aromatic carbocycles. The van der Waals surface area contributed by atoms with E-state index in [1.54, 1.807) is 12.1 Å². The first-order valence-electron chi connectivity index (χ1n) is 4.85. The molecule has 3 rings (SSSR count). The number of fused-ring (bicyclic) bond motifs is 1. The summed E-state index contributed by atoms with van der Waals surface area (Å²) in [6.45, 7) is 0. The number of benzene rings is 2. The van der Waals surface area contributed by atoms with E-state index in [2.05, 4.69) is 11.1 Å². The van der Waals surface area contributed by atoms with Crippen LogP contribution >= 0.6 is 11.6 Å². The molecular weight excluding hydrogens is 222 g/mol. The van der Waals surface area contributed by atoms with Crippen molar-refractivity contribution >= 4 is 22.7 Å². The lowest BCUT2D eigenvalue weighted by Crippen LogP contribution is -1.74. The van der Waals surface area contributed by atoms with Gasteiger partial charge in [-0.25, -0.2) is 4.98 Å². The van der Waals surface area contributed by atoms with Crippen molar-refractivity contribution in [1.29, 1.82) is 0 Å². The smallest absolute Gasteiger partial charge is 0.227 e. The molecule has 0 aliphatic heterocycles. The van der Waals surface area contributed by atoms with E-state index in [1.807, 2.05) is 30.3 Å². The quantitative estimate of drug-likeness (QED) is 0.630. The summed E-state index contributed by atoms with van der Waals surface area (Å²) in [7, 11) is 0. The molecule has 0 bridgehead atoms. The van der Waals surface area contributed by atoms with Gasteiger partial charge in [-0.2, -0.15) is 0 Å². The molecular formula is C13H7ClNO. The number of halogens is 1. The molecule has 3 heteroatoms. The van der Waals surface area contributed by atoms with Gasteiger partial charge in [-0.1, -0.05) is 23.7 Å². The summed E-state index contributed by atoms with van der Waals surface area (Å²) in [6.07, 6.45) is 0. The molecule has 16 heavy (non-hydrogen) atoms. The number of oxazole rings is 1. The average molecular weight is 229 g/mol. The Morgan fingerprint density at radius 1 is 1.25 bits per heavy atom. The van der Waals surface area contributed by atoms with Crippen LogP contribution < -0.4 is 0 Å². The van der Waals surface area contributed by atoms with Crippen molar-refractivity contribution in [3.05, 3.63) is 53.6 Å². The summed E-state index contributed by atoms with van der Waals surface area (Å²) in [5, 5.41) is 0.659. The lowest BCUT2D eigenvalue weighted by molar-refractivity contribution is 0.620. The molecule has 1 aromatic heterocycles. The summed E-state index contributed by atoms with van der Waals surface area (Å²) >= 11 is 5.89. The van der Waals surface area contributed by atoms with Gasteiger partial charge in [0.2, 0.25) is 5.89 Å². The van der Waals surface area contributed by atoms with Gasteiger partial charge in [0.15, 0.2) is 5.58 Å². The Bertz CT molecular complexity index is 631. The second kappa shape index (κ2) is 3.65. The van der Waals surface area contributed by atoms with Crippen LogP contribution in [0.1, 0.15) is 0 Å². The highest BCUT2D eigenvalue weighted by atomic mass is 35.5. The second-order valence-corrected chi connectivity index (χ2v) is 3.86. The highest BCUT2D eigenvalue weighted by molar-refractivity contribution is 6.31. The molecule has 0 amide bonds. The highest BCUT2D eigenvalue weighted by Gasteiger charge is 2.07. The van der Waals surface area contributed by atoms with E-state index in [9.17, 15) is 0 Å². The molecule has 0 fully saturated rings. The Labute approximate surface area is 97.5 Å². The summed E-state index contributed by atoms with van der Waals surface area (Å²) < 4.78 is 5.62. The van der Waals surface area contributed by atoms with E-state index in [1.165, 1.54) is 0 Å². The lowest BCUT2D eigenvalue weighted by atomic mass is 10.2.